The smallest absolute Gasteiger partial charge is 0.334 e. The molecule has 2 N–H and O–H groups in total. The first-order valence-electron chi connectivity index (χ1n) is 14.2. The highest BCUT2D eigenvalue weighted by Gasteiger charge is 2.77. The van der Waals surface area contributed by atoms with Gasteiger partial charge in [-0.15, -0.1) is 0 Å². The molecule has 9 unspecified atom stereocenters. The predicted octanol–water partition coefficient (Wildman–Crippen LogP) is 3.39. The van der Waals surface area contributed by atoms with Gasteiger partial charge in [-0.05, 0) is 69.9 Å². The van der Waals surface area contributed by atoms with E-state index in [9.17, 15) is 29.4 Å². The lowest BCUT2D eigenvalue weighted by Gasteiger charge is -2.48. The van der Waals surface area contributed by atoms with Crippen molar-refractivity contribution < 1.29 is 43.6 Å². The Morgan fingerprint density at radius 3 is 2.27 bits per heavy atom. The number of aliphatic hydroxyl groups is 2. The number of fused-ring (bicyclic) bond motifs is 3. The molecule has 224 valence electrons. The molecule has 2 saturated carbocycles. The molecule has 4 aliphatic carbocycles. The summed E-state index contributed by atoms with van der Waals surface area (Å²) in [7, 11) is 0. The summed E-state index contributed by atoms with van der Waals surface area (Å²) in [6.45, 7) is 13.3. The molecule has 0 amide bonds. The van der Waals surface area contributed by atoms with E-state index in [-0.39, 0.29) is 36.4 Å². The Labute approximate surface area is 241 Å². The van der Waals surface area contributed by atoms with Crippen LogP contribution in [0.4, 0.5) is 0 Å². The number of Topliss-reactive ketones (excluding diaryl/α,β-unsaturated/α-hetero) is 1. The summed E-state index contributed by atoms with van der Waals surface area (Å²) in [5.74, 6) is -3.45. The number of carbonyl (C=O) groups is 4. The van der Waals surface area contributed by atoms with Crippen LogP contribution in [-0.4, -0.2) is 64.9 Å². The SMILES string of the molecule is CC=C(C)C(=O)OCC1(C)C2CC(C)C34C=C(C)C(OC(=O)C(C)=CC)C3(O)C(O)C(COC(C)=O)=CC(C4=O)C21. The topological polar surface area (TPSA) is 136 Å². The molecular formula is C32H42O9. The van der Waals surface area contributed by atoms with E-state index in [4.69, 9.17) is 14.2 Å². The number of ketones is 1. The number of hydrogen-bond acceptors (Lipinski definition) is 9. The number of ether oxygens (including phenoxy) is 3. The van der Waals surface area contributed by atoms with Crippen LogP contribution < -0.4 is 0 Å². The summed E-state index contributed by atoms with van der Waals surface area (Å²) in [6.07, 6.45) is 4.10. The molecule has 4 rings (SSSR count). The van der Waals surface area contributed by atoms with Crippen molar-refractivity contribution in [2.24, 2.45) is 34.5 Å². The van der Waals surface area contributed by atoms with Gasteiger partial charge in [-0.25, -0.2) is 9.59 Å². The van der Waals surface area contributed by atoms with Crippen molar-refractivity contribution >= 4 is 23.7 Å². The monoisotopic (exact) mass is 570 g/mol. The minimum Gasteiger partial charge on any atom is -0.462 e. The Kier molecular flexibility index (Phi) is 8.04. The largest absolute Gasteiger partial charge is 0.462 e. The molecule has 9 heteroatoms. The van der Waals surface area contributed by atoms with Crippen LogP contribution in [0.1, 0.15) is 61.8 Å². The van der Waals surface area contributed by atoms with Gasteiger partial charge in [0.1, 0.15) is 12.7 Å². The van der Waals surface area contributed by atoms with Crippen LogP contribution in [0.5, 0.6) is 0 Å². The van der Waals surface area contributed by atoms with Gasteiger partial charge in [0.25, 0.3) is 0 Å². The van der Waals surface area contributed by atoms with Crippen molar-refractivity contribution in [2.75, 3.05) is 13.2 Å². The summed E-state index contributed by atoms with van der Waals surface area (Å²) in [6, 6.07) is 0. The van der Waals surface area contributed by atoms with Gasteiger partial charge in [-0.1, -0.05) is 38.2 Å². The van der Waals surface area contributed by atoms with Gasteiger partial charge in [0.15, 0.2) is 17.5 Å². The fourth-order valence-corrected chi connectivity index (χ4v) is 7.57. The zero-order valence-electron chi connectivity index (χ0n) is 25.1. The third-order valence-electron chi connectivity index (χ3n) is 10.2. The zero-order valence-corrected chi connectivity index (χ0v) is 25.1. The maximum atomic E-state index is 14.7. The van der Waals surface area contributed by atoms with Crippen LogP contribution >= 0.6 is 0 Å². The highest BCUT2D eigenvalue weighted by Crippen LogP contribution is 2.72. The second-order valence-electron chi connectivity index (χ2n) is 12.5. The van der Waals surface area contributed by atoms with Crippen molar-refractivity contribution in [1.29, 1.82) is 0 Å². The quantitative estimate of drug-likeness (QED) is 0.204. The molecule has 0 aliphatic heterocycles. The summed E-state index contributed by atoms with van der Waals surface area (Å²) >= 11 is 0. The molecule has 0 aromatic carbocycles. The van der Waals surface area contributed by atoms with Crippen LogP contribution in [0.25, 0.3) is 0 Å². The molecule has 0 aromatic rings. The van der Waals surface area contributed by atoms with E-state index >= 15 is 0 Å². The second-order valence-corrected chi connectivity index (χ2v) is 12.5. The van der Waals surface area contributed by atoms with Gasteiger partial charge in [0.05, 0.1) is 12.0 Å². The van der Waals surface area contributed by atoms with Gasteiger partial charge in [0.2, 0.25) is 0 Å². The lowest BCUT2D eigenvalue weighted by Crippen LogP contribution is -2.66. The van der Waals surface area contributed by atoms with Crippen molar-refractivity contribution in [3.8, 4) is 0 Å². The number of hydrogen-bond donors (Lipinski definition) is 2. The first kappa shape index (κ1) is 30.9. The van der Waals surface area contributed by atoms with Crippen molar-refractivity contribution in [3.63, 3.8) is 0 Å². The molecule has 0 aromatic heterocycles. The van der Waals surface area contributed by atoms with Crippen LogP contribution in [0.15, 0.2) is 46.6 Å². The Bertz CT molecular complexity index is 1290. The molecule has 2 fully saturated rings. The summed E-state index contributed by atoms with van der Waals surface area (Å²) in [5.41, 5.74) is -2.88. The lowest BCUT2D eigenvalue weighted by molar-refractivity contribution is -0.202. The molecule has 0 heterocycles. The van der Waals surface area contributed by atoms with E-state index in [1.807, 2.05) is 13.8 Å². The second kappa shape index (κ2) is 10.7. The van der Waals surface area contributed by atoms with Crippen LogP contribution in [-0.2, 0) is 33.4 Å². The Morgan fingerprint density at radius 1 is 1.07 bits per heavy atom. The van der Waals surface area contributed by atoms with Crippen LogP contribution in [0, 0.1) is 34.5 Å². The fourth-order valence-electron chi connectivity index (χ4n) is 7.57. The highest BCUT2D eigenvalue weighted by atomic mass is 16.6. The van der Waals surface area contributed by atoms with E-state index in [2.05, 4.69) is 0 Å². The third kappa shape index (κ3) is 4.52. The average molecular weight is 571 g/mol. The minimum absolute atomic E-state index is 0.0177. The highest BCUT2D eigenvalue weighted by molar-refractivity contribution is 5.96. The van der Waals surface area contributed by atoms with Gasteiger partial charge in [0, 0.05) is 29.4 Å². The maximum absolute atomic E-state index is 14.7. The first-order valence-corrected chi connectivity index (χ1v) is 14.2. The van der Waals surface area contributed by atoms with Gasteiger partial charge < -0.3 is 24.4 Å². The maximum Gasteiger partial charge on any atom is 0.334 e. The molecule has 0 radical (unpaired) electrons. The van der Waals surface area contributed by atoms with Crippen molar-refractivity contribution in [3.05, 3.63) is 46.6 Å². The lowest BCUT2D eigenvalue weighted by atomic mass is 9.59. The Hall–Kier alpha value is -3.04. The molecule has 2 bridgehead atoms. The number of carbonyl (C=O) groups excluding carboxylic acids is 4. The van der Waals surface area contributed by atoms with E-state index in [1.165, 1.54) is 6.92 Å². The number of allylic oxidation sites excluding steroid dienone is 3. The molecule has 9 atom stereocenters. The van der Waals surface area contributed by atoms with E-state index in [0.717, 1.165) is 0 Å². The first-order chi connectivity index (χ1) is 19.1. The molecule has 0 saturated heterocycles. The number of rotatable bonds is 7. The van der Waals surface area contributed by atoms with E-state index < -0.39 is 58.4 Å². The average Bonchev–Trinajstić information content (AvgIpc) is 3.46. The van der Waals surface area contributed by atoms with Crippen molar-refractivity contribution in [1.82, 2.24) is 0 Å². The number of aliphatic hydroxyl groups excluding tert-OH is 1. The van der Waals surface area contributed by atoms with Crippen LogP contribution in [0.2, 0.25) is 0 Å². The van der Waals surface area contributed by atoms with E-state index in [0.29, 0.717) is 23.1 Å². The minimum atomic E-state index is -2.24. The Balaban J connectivity index is 1.82. The fraction of sp³-hybridized carbons (Fsp3) is 0.625. The third-order valence-corrected chi connectivity index (χ3v) is 10.2. The van der Waals surface area contributed by atoms with Crippen LogP contribution in [0.3, 0.4) is 0 Å². The predicted molar refractivity (Wildman–Crippen MR) is 149 cm³/mol. The summed E-state index contributed by atoms with van der Waals surface area (Å²) in [4.78, 5) is 51.9. The standard InChI is InChI=1S/C32H42O9/c1-9-16(3)28(36)40-15-30(8)23-11-19(6)31-13-18(5)27(41-29(37)17(4)10-2)32(31,38)25(34)21(14-39-20(7)33)12-22(24(23)30)26(31)35/h9-10,12-13,19,22-25,27,34,38H,11,14-15H2,1-8H3. The zero-order chi connectivity index (χ0) is 30.7. The molecule has 9 nitrogen and oxygen atoms in total. The Morgan fingerprint density at radius 2 is 1.68 bits per heavy atom. The van der Waals surface area contributed by atoms with Gasteiger partial charge >= 0.3 is 17.9 Å². The van der Waals surface area contributed by atoms with E-state index in [1.54, 1.807) is 58.9 Å². The summed E-state index contributed by atoms with van der Waals surface area (Å²) < 4.78 is 16.7. The molecule has 4 aliphatic rings. The van der Waals surface area contributed by atoms with Gasteiger partial charge in [-0.3, -0.25) is 9.59 Å². The van der Waals surface area contributed by atoms with Gasteiger partial charge in [-0.2, -0.15) is 0 Å². The number of esters is 3. The normalized spacial score (nSPS) is 39.8. The van der Waals surface area contributed by atoms with Crippen molar-refractivity contribution in [2.45, 2.75) is 79.6 Å². The molecule has 1 spiro atoms. The molecular weight excluding hydrogens is 528 g/mol. The summed E-state index contributed by atoms with van der Waals surface area (Å²) in [5, 5.41) is 24.5. The molecule has 41 heavy (non-hydrogen) atoms.